The van der Waals surface area contributed by atoms with E-state index >= 15 is 0 Å². The van der Waals surface area contributed by atoms with Gasteiger partial charge in [0.05, 0.1) is 27.9 Å². The fraction of sp³-hybridized carbons (Fsp3) is 0.0417. The minimum atomic E-state index is -0.337. The summed E-state index contributed by atoms with van der Waals surface area (Å²) in [6.45, 7) is 0. The first-order valence-corrected chi connectivity index (χ1v) is 11.6. The molecule has 5 rings (SSSR count). The van der Waals surface area contributed by atoms with E-state index in [-0.39, 0.29) is 6.03 Å². The van der Waals surface area contributed by atoms with Gasteiger partial charge in [-0.05, 0) is 65.4 Å². The molecule has 0 fully saturated rings. The maximum atomic E-state index is 12.4. The van der Waals surface area contributed by atoms with Gasteiger partial charge >= 0.3 is 6.03 Å². The van der Waals surface area contributed by atoms with Crippen molar-refractivity contribution in [1.82, 2.24) is 9.97 Å². The highest BCUT2D eigenvalue weighted by Gasteiger charge is 2.15. The summed E-state index contributed by atoms with van der Waals surface area (Å²) in [6, 6.07) is 20.5. The molecule has 0 radical (unpaired) electrons. The van der Waals surface area contributed by atoms with Crippen LogP contribution in [0.4, 0.5) is 16.2 Å². The Bertz CT molecular complexity index is 1370. The summed E-state index contributed by atoms with van der Waals surface area (Å²) in [5.41, 5.74) is 4.51. The molecule has 3 aromatic heterocycles. The standard InChI is InChI=1S/C24H18N4O2S2/c1-30-17-9-6-15(7-10-17)25-24(29)26-16-8-11-18-19(14-16)28-23(21-5-3-13-32-21)22(27-18)20-4-2-12-31-20/h2-14H,1H3,(H2,25,26,29). The number of fused-ring (bicyclic) bond motifs is 1. The monoisotopic (exact) mass is 458 g/mol. The number of nitrogens with one attached hydrogen (secondary N) is 2. The molecule has 2 aromatic carbocycles. The predicted molar refractivity (Wildman–Crippen MR) is 132 cm³/mol. The van der Waals surface area contributed by atoms with E-state index in [1.807, 2.05) is 47.2 Å². The quantitative estimate of drug-likeness (QED) is 0.306. The van der Waals surface area contributed by atoms with Gasteiger partial charge in [-0.15, -0.1) is 22.7 Å². The minimum Gasteiger partial charge on any atom is -0.497 e. The number of nitrogens with zero attached hydrogens (tertiary/aromatic N) is 2. The highest BCUT2D eigenvalue weighted by molar-refractivity contribution is 7.14. The number of amides is 2. The molecule has 3 heterocycles. The number of ether oxygens (including phenoxy) is 1. The second-order valence-corrected chi connectivity index (χ2v) is 8.78. The van der Waals surface area contributed by atoms with Crippen molar-refractivity contribution in [2.24, 2.45) is 0 Å². The summed E-state index contributed by atoms with van der Waals surface area (Å²) in [7, 11) is 1.60. The first kappa shape index (κ1) is 20.2. The largest absolute Gasteiger partial charge is 0.497 e. The van der Waals surface area contributed by atoms with Crippen molar-refractivity contribution < 1.29 is 9.53 Å². The Morgan fingerprint density at radius 3 is 1.97 bits per heavy atom. The zero-order valence-electron chi connectivity index (χ0n) is 17.0. The van der Waals surface area contributed by atoms with Gasteiger partial charge < -0.3 is 15.4 Å². The van der Waals surface area contributed by atoms with Gasteiger partial charge in [-0.1, -0.05) is 12.1 Å². The normalized spacial score (nSPS) is 10.8. The molecular weight excluding hydrogens is 440 g/mol. The number of aromatic nitrogens is 2. The molecule has 0 saturated carbocycles. The summed E-state index contributed by atoms with van der Waals surface area (Å²) in [5.74, 6) is 0.729. The number of methoxy groups -OCH3 is 1. The Balaban J connectivity index is 1.44. The lowest BCUT2D eigenvalue weighted by molar-refractivity contribution is 0.262. The molecule has 0 unspecified atom stereocenters. The number of thiophene rings is 2. The van der Waals surface area contributed by atoms with Crippen LogP contribution in [0.25, 0.3) is 32.2 Å². The van der Waals surface area contributed by atoms with Gasteiger partial charge in [0.15, 0.2) is 0 Å². The van der Waals surface area contributed by atoms with Gasteiger partial charge in [0.25, 0.3) is 0 Å². The van der Waals surface area contributed by atoms with E-state index in [2.05, 4.69) is 16.7 Å². The molecular formula is C24H18N4O2S2. The molecule has 0 saturated heterocycles. The van der Waals surface area contributed by atoms with Gasteiger partial charge in [0.2, 0.25) is 0 Å². The van der Waals surface area contributed by atoms with Gasteiger partial charge in [-0.2, -0.15) is 0 Å². The minimum absolute atomic E-state index is 0.337. The van der Waals surface area contributed by atoms with E-state index < -0.39 is 0 Å². The molecule has 2 N–H and O–H groups in total. The summed E-state index contributed by atoms with van der Waals surface area (Å²) >= 11 is 3.27. The van der Waals surface area contributed by atoms with Crippen LogP contribution in [0.15, 0.2) is 77.5 Å². The number of anilines is 2. The molecule has 0 aliphatic heterocycles. The van der Waals surface area contributed by atoms with E-state index in [1.54, 1.807) is 54.0 Å². The lowest BCUT2D eigenvalue weighted by Gasteiger charge is -2.11. The van der Waals surface area contributed by atoms with Crippen LogP contribution in [-0.4, -0.2) is 23.1 Å². The first-order valence-electron chi connectivity index (χ1n) is 9.81. The second-order valence-electron chi connectivity index (χ2n) is 6.89. The van der Waals surface area contributed by atoms with Gasteiger partial charge in [0.1, 0.15) is 17.1 Å². The van der Waals surface area contributed by atoms with Crippen LogP contribution in [0.1, 0.15) is 0 Å². The molecule has 5 aromatic rings. The Hall–Kier alpha value is -3.75. The molecule has 0 aliphatic rings. The molecule has 0 aliphatic carbocycles. The second kappa shape index (κ2) is 8.78. The van der Waals surface area contributed by atoms with Crippen molar-refractivity contribution in [3.63, 3.8) is 0 Å². The van der Waals surface area contributed by atoms with Crippen molar-refractivity contribution >= 4 is 51.1 Å². The van der Waals surface area contributed by atoms with Crippen molar-refractivity contribution in [3.05, 3.63) is 77.5 Å². The lowest BCUT2D eigenvalue weighted by Crippen LogP contribution is -2.19. The van der Waals surface area contributed by atoms with Crippen molar-refractivity contribution in [2.45, 2.75) is 0 Å². The van der Waals surface area contributed by atoms with Crippen LogP contribution in [-0.2, 0) is 0 Å². The number of rotatable bonds is 5. The van der Waals surface area contributed by atoms with E-state index in [0.717, 1.165) is 37.9 Å². The Morgan fingerprint density at radius 1 is 0.781 bits per heavy atom. The maximum absolute atomic E-state index is 12.4. The van der Waals surface area contributed by atoms with Crippen molar-refractivity contribution in [2.75, 3.05) is 17.7 Å². The van der Waals surface area contributed by atoms with Crippen LogP contribution in [0.5, 0.6) is 5.75 Å². The smallest absolute Gasteiger partial charge is 0.323 e. The Morgan fingerprint density at radius 2 is 1.38 bits per heavy atom. The molecule has 158 valence electrons. The third-order valence-electron chi connectivity index (χ3n) is 4.78. The number of carbonyl (C=O) groups is 1. The fourth-order valence-corrected chi connectivity index (χ4v) is 4.70. The van der Waals surface area contributed by atoms with Crippen LogP contribution in [0.3, 0.4) is 0 Å². The summed E-state index contributed by atoms with van der Waals surface area (Å²) in [4.78, 5) is 24.4. The van der Waals surface area contributed by atoms with Crippen LogP contribution in [0, 0.1) is 0 Å². The van der Waals surface area contributed by atoms with Crippen molar-refractivity contribution in [1.29, 1.82) is 0 Å². The summed E-state index contributed by atoms with van der Waals surface area (Å²) in [6.07, 6.45) is 0. The van der Waals surface area contributed by atoms with Gasteiger partial charge in [-0.25, -0.2) is 14.8 Å². The number of carbonyl (C=O) groups excluding carboxylic acids is 1. The summed E-state index contributed by atoms with van der Waals surface area (Å²) in [5, 5.41) is 9.74. The topological polar surface area (TPSA) is 76.1 Å². The number of benzene rings is 2. The van der Waals surface area contributed by atoms with E-state index in [1.165, 1.54) is 0 Å². The molecule has 2 amide bonds. The molecule has 0 atom stereocenters. The highest BCUT2D eigenvalue weighted by Crippen LogP contribution is 2.35. The summed E-state index contributed by atoms with van der Waals surface area (Å²) < 4.78 is 5.14. The molecule has 8 heteroatoms. The Kier molecular flexibility index (Phi) is 5.53. The van der Waals surface area contributed by atoms with Crippen molar-refractivity contribution in [3.8, 4) is 26.9 Å². The number of hydrogen-bond acceptors (Lipinski definition) is 6. The number of urea groups is 1. The third kappa shape index (κ3) is 4.18. The third-order valence-corrected chi connectivity index (χ3v) is 6.53. The SMILES string of the molecule is COc1ccc(NC(=O)Nc2ccc3nc(-c4cccs4)c(-c4cccs4)nc3c2)cc1. The fourth-order valence-electron chi connectivity index (χ4n) is 3.27. The van der Waals surface area contributed by atoms with Crippen LogP contribution in [0.2, 0.25) is 0 Å². The molecule has 6 nitrogen and oxygen atoms in total. The zero-order chi connectivity index (χ0) is 21.9. The van der Waals surface area contributed by atoms with Crippen LogP contribution >= 0.6 is 22.7 Å². The van der Waals surface area contributed by atoms with Crippen LogP contribution < -0.4 is 15.4 Å². The highest BCUT2D eigenvalue weighted by atomic mass is 32.1. The van der Waals surface area contributed by atoms with E-state index in [4.69, 9.17) is 14.7 Å². The first-order chi connectivity index (χ1) is 15.7. The van der Waals surface area contributed by atoms with Gasteiger partial charge in [0, 0.05) is 11.4 Å². The molecule has 0 bridgehead atoms. The van der Waals surface area contributed by atoms with E-state index in [0.29, 0.717) is 11.4 Å². The maximum Gasteiger partial charge on any atom is 0.323 e. The number of hydrogen-bond donors (Lipinski definition) is 2. The molecule has 0 spiro atoms. The zero-order valence-corrected chi connectivity index (χ0v) is 18.7. The average molecular weight is 459 g/mol. The van der Waals surface area contributed by atoms with Gasteiger partial charge in [-0.3, -0.25) is 0 Å². The van der Waals surface area contributed by atoms with E-state index in [9.17, 15) is 4.79 Å². The molecule has 32 heavy (non-hydrogen) atoms. The average Bonchev–Trinajstić information content (AvgIpc) is 3.53. The predicted octanol–water partition coefficient (Wildman–Crippen LogP) is 6.74. The Labute approximate surface area is 192 Å². The lowest BCUT2D eigenvalue weighted by atomic mass is 10.2.